The lowest BCUT2D eigenvalue weighted by Crippen LogP contribution is -2.29. The third-order valence-corrected chi connectivity index (χ3v) is 3.03. The zero-order chi connectivity index (χ0) is 15.2. The Bertz CT molecular complexity index is 583. The lowest BCUT2D eigenvalue weighted by molar-refractivity contribution is 0.304. The van der Waals surface area contributed by atoms with E-state index in [1.54, 1.807) is 38.5 Å². The van der Waals surface area contributed by atoms with Crippen LogP contribution in [0.3, 0.4) is 0 Å². The Morgan fingerprint density at radius 1 is 0.905 bits per heavy atom. The smallest absolute Gasteiger partial charge is 0.488 e. The first-order chi connectivity index (χ1) is 10.1. The quantitative estimate of drug-likeness (QED) is 0.775. The molecule has 110 valence electrons. The van der Waals surface area contributed by atoms with Crippen molar-refractivity contribution < 1.29 is 24.3 Å². The molecule has 0 aliphatic rings. The first-order valence-electron chi connectivity index (χ1n) is 6.44. The van der Waals surface area contributed by atoms with Crippen LogP contribution < -0.4 is 19.7 Å². The molecule has 0 radical (unpaired) electrons. The summed E-state index contributed by atoms with van der Waals surface area (Å²) in [6.07, 6.45) is 0. The minimum atomic E-state index is -1.47. The van der Waals surface area contributed by atoms with Gasteiger partial charge in [-0.15, -0.1) is 0 Å². The number of ether oxygens (including phenoxy) is 3. The summed E-state index contributed by atoms with van der Waals surface area (Å²) in [7, 11) is 1.71. The summed E-state index contributed by atoms with van der Waals surface area (Å²) in [5.74, 6) is 1.97. The molecular weight excluding hydrogens is 271 g/mol. The molecule has 0 heterocycles. The summed E-state index contributed by atoms with van der Waals surface area (Å²) in [6.45, 7) is 0.376. The highest BCUT2D eigenvalue weighted by molar-refractivity contribution is 6.58. The van der Waals surface area contributed by atoms with Crippen molar-refractivity contribution >= 4 is 12.6 Å². The molecule has 6 heteroatoms. The van der Waals surface area contributed by atoms with Gasteiger partial charge in [-0.1, -0.05) is 18.2 Å². The van der Waals surface area contributed by atoms with Gasteiger partial charge < -0.3 is 24.3 Å². The normalized spacial score (nSPS) is 10.1. The van der Waals surface area contributed by atoms with Crippen molar-refractivity contribution in [2.75, 3.05) is 14.2 Å². The standard InChI is InChI=1S/C15H17BO5/c1-19-14-8-3-11(9-15(14)20-2)10-21-13-6-4-12(5-7-13)16(17)18/h3-9,17-18H,10H2,1-2H3. The number of methoxy groups -OCH3 is 2. The van der Waals surface area contributed by atoms with Gasteiger partial charge >= 0.3 is 7.12 Å². The largest absolute Gasteiger partial charge is 0.493 e. The van der Waals surface area contributed by atoms with E-state index in [0.717, 1.165) is 5.56 Å². The molecule has 0 aliphatic carbocycles. The Labute approximate surface area is 123 Å². The molecule has 0 aromatic heterocycles. The first-order valence-corrected chi connectivity index (χ1v) is 6.44. The van der Waals surface area contributed by atoms with Crippen molar-refractivity contribution in [3.05, 3.63) is 48.0 Å². The monoisotopic (exact) mass is 288 g/mol. The van der Waals surface area contributed by atoms with Crippen LogP contribution in [-0.2, 0) is 6.61 Å². The van der Waals surface area contributed by atoms with E-state index in [4.69, 9.17) is 24.3 Å². The minimum absolute atomic E-state index is 0.376. The van der Waals surface area contributed by atoms with Crippen molar-refractivity contribution in [3.8, 4) is 17.2 Å². The maximum absolute atomic E-state index is 9.02. The van der Waals surface area contributed by atoms with Gasteiger partial charge in [0, 0.05) is 0 Å². The van der Waals surface area contributed by atoms with Gasteiger partial charge in [0.1, 0.15) is 12.4 Å². The number of rotatable bonds is 6. The van der Waals surface area contributed by atoms with Gasteiger partial charge in [-0.3, -0.25) is 0 Å². The van der Waals surface area contributed by atoms with Crippen molar-refractivity contribution in [1.82, 2.24) is 0 Å². The van der Waals surface area contributed by atoms with Crippen LogP contribution in [0.15, 0.2) is 42.5 Å². The summed E-state index contributed by atoms with van der Waals surface area (Å²) in [5, 5.41) is 18.0. The van der Waals surface area contributed by atoms with Gasteiger partial charge in [-0.25, -0.2) is 0 Å². The molecule has 2 rings (SSSR count). The molecule has 0 saturated heterocycles. The highest BCUT2D eigenvalue weighted by Gasteiger charge is 2.10. The second-order valence-electron chi connectivity index (χ2n) is 4.42. The molecule has 0 atom stereocenters. The Morgan fingerprint density at radius 3 is 2.14 bits per heavy atom. The maximum Gasteiger partial charge on any atom is 0.488 e. The molecule has 0 unspecified atom stereocenters. The molecule has 0 bridgehead atoms. The molecule has 5 nitrogen and oxygen atoms in total. The molecule has 2 aromatic rings. The zero-order valence-electron chi connectivity index (χ0n) is 11.9. The lowest BCUT2D eigenvalue weighted by atomic mass is 9.80. The molecular formula is C15H17BO5. The molecule has 0 fully saturated rings. The predicted octanol–water partition coefficient (Wildman–Crippen LogP) is 0.963. The predicted molar refractivity (Wildman–Crippen MR) is 80.1 cm³/mol. The fraction of sp³-hybridized carbons (Fsp3) is 0.200. The van der Waals surface area contributed by atoms with Gasteiger partial charge in [0.15, 0.2) is 11.5 Å². The average molecular weight is 288 g/mol. The zero-order valence-corrected chi connectivity index (χ0v) is 11.9. The minimum Gasteiger partial charge on any atom is -0.493 e. The van der Waals surface area contributed by atoms with E-state index in [-0.39, 0.29) is 0 Å². The van der Waals surface area contributed by atoms with Crippen LogP contribution in [0.1, 0.15) is 5.56 Å². The van der Waals surface area contributed by atoms with E-state index in [9.17, 15) is 0 Å². The van der Waals surface area contributed by atoms with Gasteiger partial charge in [0.05, 0.1) is 14.2 Å². The van der Waals surface area contributed by atoms with E-state index in [0.29, 0.717) is 29.3 Å². The summed E-state index contributed by atoms with van der Waals surface area (Å²) >= 11 is 0. The summed E-state index contributed by atoms with van der Waals surface area (Å²) in [4.78, 5) is 0. The Balaban J connectivity index is 2.02. The Morgan fingerprint density at radius 2 is 1.57 bits per heavy atom. The molecule has 21 heavy (non-hydrogen) atoms. The molecule has 2 N–H and O–H groups in total. The number of hydrogen-bond acceptors (Lipinski definition) is 5. The Kier molecular flexibility index (Phi) is 5.08. The topological polar surface area (TPSA) is 68.2 Å². The molecule has 0 amide bonds. The second-order valence-corrected chi connectivity index (χ2v) is 4.42. The highest BCUT2D eigenvalue weighted by atomic mass is 16.5. The summed E-state index contributed by atoms with van der Waals surface area (Å²) < 4.78 is 16.1. The fourth-order valence-corrected chi connectivity index (χ4v) is 1.87. The van der Waals surface area contributed by atoms with E-state index in [1.807, 2.05) is 18.2 Å². The van der Waals surface area contributed by atoms with Gasteiger partial charge in [0.25, 0.3) is 0 Å². The molecule has 0 spiro atoms. The van der Waals surface area contributed by atoms with Crippen molar-refractivity contribution in [1.29, 1.82) is 0 Å². The van der Waals surface area contributed by atoms with Crippen LogP contribution in [0.5, 0.6) is 17.2 Å². The average Bonchev–Trinajstić information content (AvgIpc) is 2.52. The lowest BCUT2D eigenvalue weighted by Gasteiger charge is -2.11. The van der Waals surface area contributed by atoms with E-state index in [1.165, 1.54) is 0 Å². The fourth-order valence-electron chi connectivity index (χ4n) is 1.87. The SMILES string of the molecule is COc1ccc(COc2ccc(B(O)O)cc2)cc1OC. The number of hydrogen-bond donors (Lipinski definition) is 2. The molecule has 0 saturated carbocycles. The van der Waals surface area contributed by atoms with Crippen molar-refractivity contribution in [3.63, 3.8) is 0 Å². The van der Waals surface area contributed by atoms with Crippen LogP contribution in [0, 0.1) is 0 Å². The van der Waals surface area contributed by atoms with E-state index < -0.39 is 7.12 Å². The van der Waals surface area contributed by atoms with Crippen LogP contribution in [0.25, 0.3) is 0 Å². The highest BCUT2D eigenvalue weighted by Crippen LogP contribution is 2.27. The van der Waals surface area contributed by atoms with Crippen LogP contribution >= 0.6 is 0 Å². The first kappa shape index (κ1) is 15.2. The van der Waals surface area contributed by atoms with Gasteiger partial charge in [-0.2, -0.15) is 0 Å². The van der Waals surface area contributed by atoms with Gasteiger partial charge in [-0.05, 0) is 35.3 Å². The third-order valence-electron chi connectivity index (χ3n) is 3.03. The van der Waals surface area contributed by atoms with Crippen LogP contribution in [0.4, 0.5) is 0 Å². The number of benzene rings is 2. The molecule has 0 aliphatic heterocycles. The van der Waals surface area contributed by atoms with Crippen molar-refractivity contribution in [2.24, 2.45) is 0 Å². The summed E-state index contributed by atoms with van der Waals surface area (Å²) in [6, 6.07) is 12.2. The van der Waals surface area contributed by atoms with Crippen LogP contribution in [-0.4, -0.2) is 31.4 Å². The van der Waals surface area contributed by atoms with E-state index >= 15 is 0 Å². The maximum atomic E-state index is 9.02. The van der Waals surface area contributed by atoms with Crippen molar-refractivity contribution in [2.45, 2.75) is 6.61 Å². The van der Waals surface area contributed by atoms with E-state index in [2.05, 4.69) is 0 Å². The Hall–Kier alpha value is -2.18. The summed E-state index contributed by atoms with van der Waals surface area (Å²) in [5.41, 5.74) is 1.37. The third kappa shape index (κ3) is 3.90. The van der Waals surface area contributed by atoms with Crippen LogP contribution in [0.2, 0.25) is 0 Å². The molecule has 2 aromatic carbocycles. The second kappa shape index (κ2) is 7.01. The van der Waals surface area contributed by atoms with Gasteiger partial charge in [0.2, 0.25) is 0 Å².